The summed E-state index contributed by atoms with van der Waals surface area (Å²) in [5, 5.41) is 5.44. The topological polar surface area (TPSA) is 42.2 Å². The smallest absolute Gasteiger partial charge is 0.257 e. The van der Waals surface area contributed by atoms with Crippen molar-refractivity contribution in [2.45, 2.75) is 91.0 Å². The lowest BCUT2D eigenvalue weighted by Gasteiger charge is -2.21. The summed E-state index contributed by atoms with van der Waals surface area (Å²) in [4.78, 5) is 7.09. The second-order valence-electron chi connectivity index (χ2n) is 9.66. The van der Waals surface area contributed by atoms with Crippen molar-refractivity contribution < 1.29 is 4.52 Å². The second kappa shape index (κ2) is 16.1. The lowest BCUT2D eigenvalue weighted by atomic mass is 10.1. The van der Waals surface area contributed by atoms with Crippen LogP contribution in [0.5, 0.6) is 0 Å². The van der Waals surface area contributed by atoms with Gasteiger partial charge in [-0.1, -0.05) is 112 Å². The first kappa shape index (κ1) is 28.7. The molecule has 0 saturated carbocycles. The van der Waals surface area contributed by atoms with Crippen LogP contribution in [0.4, 0.5) is 0 Å². The zero-order chi connectivity index (χ0) is 25.6. The Morgan fingerprint density at radius 1 is 0.778 bits per heavy atom. The third-order valence-electron chi connectivity index (χ3n) is 6.70. The van der Waals surface area contributed by atoms with E-state index in [0.717, 1.165) is 50.3 Å². The Hall–Kier alpha value is -1.88. The number of hydrogen-bond donors (Lipinski definition) is 0. The Kier molecular flexibility index (Phi) is 12.8. The number of aryl methyl sites for hydroxylation is 1. The van der Waals surface area contributed by atoms with Crippen LogP contribution in [0.3, 0.4) is 0 Å². The van der Waals surface area contributed by atoms with E-state index in [1.807, 2.05) is 24.3 Å². The quantitative estimate of drug-likeness (QED) is 0.163. The van der Waals surface area contributed by atoms with Gasteiger partial charge in [0, 0.05) is 25.1 Å². The van der Waals surface area contributed by atoms with Gasteiger partial charge in [0.15, 0.2) is 5.82 Å². The van der Waals surface area contributed by atoms with E-state index >= 15 is 0 Å². The van der Waals surface area contributed by atoms with Crippen molar-refractivity contribution in [3.05, 3.63) is 69.5 Å². The normalized spacial score (nSPS) is 11.5. The minimum absolute atomic E-state index is 0.599. The maximum Gasteiger partial charge on any atom is 0.257 e. The van der Waals surface area contributed by atoms with Gasteiger partial charge in [0.25, 0.3) is 5.89 Å². The maximum atomic E-state index is 6.17. The van der Waals surface area contributed by atoms with Crippen molar-refractivity contribution in [1.29, 1.82) is 0 Å². The molecule has 0 spiro atoms. The molecule has 0 amide bonds. The van der Waals surface area contributed by atoms with E-state index in [2.05, 4.69) is 47.1 Å². The molecule has 3 aromatic rings. The molecule has 0 fully saturated rings. The molecule has 3 rings (SSSR count). The number of unbranched alkanes of at least 4 members (excludes halogenated alkanes) is 8. The maximum absolute atomic E-state index is 6.17. The fourth-order valence-electron chi connectivity index (χ4n) is 4.46. The highest BCUT2D eigenvalue weighted by atomic mass is 35.5. The second-order valence-corrected chi connectivity index (χ2v) is 10.5. The molecule has 0 bridgehead atoms. The molecule has 1 aromatic heterocycles. The van der Waals surface area contributed by atoms with Gasteiger partial charge < -0.3 is 4.52 Å². The standard InChI is InChI=1S/C30H41Cl2N3O/c1-3-5-6-7-8-9-10-11-12-16-29-33-30(36-34-29)26-15-13-14-25(21-26)23-35(4-2)20-19-24-17-18-27(31)28(32)22-24/h13-15,17-18,21-22H,3-12,16,19-20,23H2,1-2H3. The van der Waals surface area contributed by atoms with Crippen molar-refractivity contribution in [3.63, 3.8) is 0 Å². The van der Waals surface area contributed by atoms with E-state index in [0.29, 0.717) is 15.9 Å². The summed E-state index contributed by atoms with van der Waals surface area (Å²) in [7, 11) is 0. The molecule has 1 heterocycles. The number of aromatic nitrogens is 2. The SMILES string of the molecule is CCCCCCCCCCCc1noc(-c2cccc(CN(CC)CCc3ccc(Cl)c(Cl)c3)c2)n1. The molecule has 0 aliphatic heterocycles. The number of halogens is 2. The molecule has 0 radical (unpaired) electrons. The van der Waals surface area contributed by atoms with Gasteiger partial charge in [-0.3, -0.25) is 4.90 Å². The Bertz CT molecular complexity index is 1040. The molecule has 0 unspecified atom stereocenters. The van der Waals surface area contributed by atoms with Crippen LogP contribution < -0.4 is 0 Å². The van der Waals surface area contributed by atoms with Crippen LogP contribution in [0.15, 0.2) is 47.0 Å². The molecular weight excluding hydrogens is 489 g/mol. The molecule has 0 N–H and O–H groups in total. The highest BCUT2D eigenvalue weighted by Crippen LogP contribution is 2.23. The third kappa shape index (κ3) is 9.88. The molecule has 36 heavy (non-hydrogen) atoms. The van der Waals surface area contributed by atoms with E-state index in [1.54, 1.807) is 0 Å². The zero-order valence-corrected chi connectivity index (χ0v) is 23.5. The molecule has 0 saturated heterocycles. The third-order valence-corrected chi connectivity index (χ3v) is 7.44. The number of rotatable bonds is 17. The van der Waals surface area contributed by atoms with Gasteiger partial charge in [-0.15, -0.1) is 0 Å². The number of benzene rings is 2. The van der Waals surface area contributed by atoms with Gasteiger partial charge >= 0.3 is 0 Å². The van der Waals surface area contributed by atoms with Crippen molar-refractivity contribution >= 4 is 23.2 Å². The summed E-state index contributed by atoms with van der Waals surface area (Å²) in [6, 6.07) is 14.3. The fraction of sp³-hybridized carbons (Fsp3) is 0.533. The van der Waals surface area contributed by atoms with Gasteiger partial charge in [-0.05, 0) is 54.8 Å². The fourth-order valence-corrected chi connectivity index (χ4v) is 4.78. The van der Waals surface area contributed by atoms with Crippen molar-refractivity contribution in [2.75, 3.05) is 13.1 Å². The van der Waals surface area contributed by atoms with E-state index in [1.165, 1.54) is 62.5 Å². The van der Waals surface area contributed by atoms with Crippen molar-refractivity contribution in [1.82, 2.24) is 15.0 Å². The number of likely N-dealkylation sites (N-methyl/N-ethyl adjacent to an activating group) is 1. The molecule has 196 valence electrons. The number of hydrogen-bond acceptors (Lipinski definition) is 4. The van der Waals surface area contributed by atoms with Crippen LogP contribution >= 0.6 is 23.2 Å². The van der Waals surface area contributed by atoms with E-state index in [-0.39, 0.29) is 0 Å². The van der Waals surface area contributed by atoms with Gasteiger partial charge in [0.2, 0.25) is 0 Å². The van der Waals surface area contributed by atoms with Gasteiger partial charge in [0.1, 0.15) is 0 Å². The van der Waals surface area contributed by atoms with Crippen LogP contribution in [0.1, 0.15) is 88.6 Å². The molecule has 0 aliphatic rings. The molecule has 2 aromatic carbocycles. The molecule has 6 heteroatoms. The van der Waals surface area contributed by atoms with Gasteiger partial charge in [-0.2, -0.15) is 4.98 Å². The zero-order valence-electron chi connectivity index (χ0n) is 21.9. The summed E-state index contributed by atoms with van der Waals surface area (Å²) in [6.07, 6.45) is 13.7. The van der Waals surface area contributed by atoms with E-state index < -0.39 is 0 Å². The molecular formula is C30H41Cl2N3O. The van der Waals surface area contributed by atoms with Gasteiger partial charge in [-0.25, -0.2) is 0 Å². The van der Waals surface area contributed by atoms with Crippen LogP contribution in [0.25, 0.3) is 11.5 Å². The van der Waals surface area contributed by atoms with Crippen molar-refractivity contribution in [2.24, 2.45) is 0 Å². The Labute approximate surface area is 227 Å². The lowest BCUT2D eigenvalue weighted by molar-refractivity contribution is 0.283. The average molecular weight is 531 g/mol. The Morgan fingerprint density at radius 2 is 1.53 bits per heavy atom. The summed E-state index contributed by atoms with van der Waals surface area (Å²) < 4.78 is 5.60. The minimum atomic E-state index is 0.599. The van der Waals surface area contributed by atoms with Crippen LogP contribution in [0.2, 0.25) is 10.0 Å². The predicted octanol–water partition coefficient (Wildman–Crippen LogP) is 9.18. The highest BCUT2D eigenvalue weighted by Gasteiger charge is 2.11. The first-order valence-electron chi connectivity index (χ1n) is 13.7. The lowest BCUT2D eigenvalue weighted by Crippen LogP contribution is -2.25. The van der Waals surface area contributed by atoms with Crippen LogP contribution in [0, 0.1) is 0 Å². The molecule has 0 aliphatic carbocycles. The summed E-state index contributed by atoms with van der Waals surface area (Å²) in [6.45, 7) is 7.24. The first-order chi connectivity index (χ1) is 17.6. The largest absolute Gasteiger partial charge is 0.334 e. The number of nitrogens with zero attached hydrogens (tertiary/aromatic N) is 3. The Balaban J connectivity index is 1.44. The Morgan fingerprint density at radius 3 is 2.25 bits per heavy atom. The van der Waals surface area contributed by atoms with Gasteiger partial charge in [0.05, 0.1) is 10.0 Å². The van der Waals surface area contributed by atoms with Crippen LogP contribution in [-0.2, 0) is 19.4 Å². The monoisotopic (exact) mass is 529 g/mol. The summed E-state index contributed by atoms with van der Waals surface area (Å²) in [5.41, 5.74) is 3.42. The molecule has 4 nitrogen and oxygen atoms in total. The summed E-state index contributed by atoms with van der Waals surface area (Å²) >= 11 is 12.2. The molecule has 0 atom stereocenters. The summed E-state index contributed by atoms with van der Waals surface area (Å²) in [5.74, 6) is 1.43. The highest BCUT2D eigenvalue weighted by molar-refractivity contribution is 6.42. The van der Waals surface area contributed by atoms with E-state index in [9.17, 15) is 0 Å². The van der Waals surface area contributed by atoms with Crippen molar-refractivity contribution in [3.8, 4) is 11.5 Å². The first-order valence-corrected chi connectivity index (χ1v) is 14.4. The van der Waals surface area contributed by atoms with E-state index in [4.69, 9.17) is 27.7 Å². The minimum Gasteiger partial charge on any atom is -0.334 e. The average Bonchev–Trinajstić information content (AvgIpc) is 3.37. The van der Waals surface area contributed by atoms with Crippen LogP contribution in [-0.4, -0.2) is 28.1 Å². The predicted molar refractivity (Wildman–Crippen MR) is 152 cm³/mol.